The highest BCUT2D eigenvalue weighted by atomic mass is 35.5. The van der Waals surface area contributed by atoms with E-state index >= 15 is 0 Å². The van der Waals surface area contributed by atoms with Crippen LogP contribution in [0, 0.1) is 0 Å². The molecule has 1 N–H and O–H groups in total. The molecular weight excluding hydrogens is 246 g/mol. The van der Waals surface area contributed by atoms with E-state index in [1.54, 1.807) is 0 Å². The number of rotatable bonds is 7. The van der Waals surface area contributed by atoms with Crippen molar-refractivity contribution in [3.63, 3.8) is 0 Å². The predicted octanol–water partition coefficient (Wildman–Crippen LogP) is 3.85. The maximum absolute atomic E-state index is 12.3. The molecule has 1 aromatic rings. The molecule has 0 amide bonds. The summed E-state index contributed by atoms with van der Waals surface area (Å²) >= 11 is 0. The fraction of sp³-hybridized carbons (Fsp3) is 0.533. The van der Waals surface area contributed by atoms with Gasteiger partial charge in [0.2, 0.25) is 0 Å². The summed E-state index contributed by atoms with van der Waals surface area (Å²) in [6.45, 7) is 6.37. The Balaban J connectivity index is 0.00000289. The largest absolute Gasteiger partial charge is 0.305 e. The molecule has 0 aliphatic heterocycles. The molecule has 2 atom stereocenters. The Labute approximate surface area is 117 Å². The summed E-state index contributed by atoms with van der Waals surface area (Å²) in [5, 5.41) is 3.42. The van der Waals surface area contributed by atoms with E-state index in [1.165, 1.54) is 0 Å². The van der Waals surface area contributed by atoms with Gasteiger partial charge in [-0.1, -0.05) is 50.6 Å². The zero-order valence-corrected chi connectivity index (χ0v) is 12.3. The monoisotopic (exact) mass is 269 g/mol. The van der Waals surface area contributed by atoms with Crippen LogP contribution in [-0.4, -0.2) is 17.9 Å². The average molecular weight is 270 g/mol. The van der Waals surface area contributed by atoms with Gasteiger partial charge >= 0.3 is 0 Å². The number of hydrogen-bond donors (Lipinski definition) is 1. The van der Waals surface area contributed by atoms with Gasteiger partial charge in [0.25, 0.3) is 0 Å². The van der Waals surface area contributed by atoms with Gasteiger partial charge in [-0.15, -0.1) is 12.4 Å². The number of nitrogens with one attached hydrogen (secondary N) is 1. The molecule has 102 valence electrons. The summed E-state index contributed by atoms with van der Waals surface area (Å²) in [6.07, 6.45) is 2.97. The molecular formula is C15H24ClNO. The van der Waals surface area contributed by atoms with Crippen molar-refractivity contribution in [1.29, 1.82) is 0 Å². The molecule has 1 aromatic carbocycles. The maximum atomic E-state index is 12.3. The molecule has 2 nitrogen and oxygen atoms in total. The predicted molar refractivity (Wildman–Crippen MR) is 79.6 cm³/mol. The van der Waals surface area contributed by atoms with Crippen molar-refractivity contribution in [1.82, 2.24) is 5.32 Å². The summed E-state index contributed by atoms with van der Waals surface area (Å²) < 4.78 is 0. The lowest BCUT2D eigenvalue weighted by Crippen LogP contribution is -2.41. The highest BCUT2D eigenvalue weighted by Crippen LogP contribution is 2.09. The molecule has 0 saturated carbocycles. The van der Waals surface area contributed by atoms with Crippen LogP contribution in [-0.2, 0) is 0 Å². The first-order valence-electron chi connectivity index (χ1n) is 6.54. The molecule has 3 heteroatoms. The second-order valence-corrected chi connectivity index (χ2v) is 4.55. The normalized spacial score (nSPS) is 13.5. The molecule has 0 aliphatic carbocycles. The topological polar surface area (TPSA) is 29.1 Å². The van der Waals surface area contributed by atoms with Crippen LogP contribution in [0.5, 0.6) is 0 Å². The minimum absolute atomic E-state index is 0. The van der Waals surface area contributed by atoms with Crippen molar-refractivity contribution < 1.29 is 4.79 Å². The van der Waals surface area contributed by atoms with Gasteiger partial charge in [0.15, 0.2) is 5.78 Å². The Bertz CT molecular complexity index is 340. The lowest BCUT2D eigenvalue weighted by atomic mass is 9.99. The van der Waals surface area contributed by atoms with Gasteiger partial charge in [-0.3, -0.25) is 4.79 Å². The quantitative estimate of drug-likeness (QED) is 0.762. The average Bonchev–Trinajstić information content (AvgIpc) is 2.38. The highest BCUT2D eigenvalue weighted by Gasteiger charge is 2.19. The maximum Gasteiger partial charge on any atom is 0.179 e. The Hall–Kier alpha value is -0.860. The lowest BCUT2D eigenvalue weighted by molar-refractivity contribution is 0.0930. The third-order valence-electron chi connectivity index (χ3n) is 3.05. The first-order valence-corrected chi connectivity index (χ1v) is 6.54. The smallest absolute Gasteiger partial charge is 0.179 e. The summed E-state index contributed by atoms with van der Waals surface area (Å²) in [4.78, 5) is 12.3. The van der Waals surface area contributed by atoms with Crippen LogP contribution < -0.4 is 5.32 Å². The number of hydrogen-bond acceptors (Lipinski definition) is 2. The first-order chi connectivity index (χ1) is 8.19. The molecule has 0 fully saturated rings. The molecule has 0 bridgehead atoms. The van der Waals surface area contributed by atoms with Crippen LogP contribution in [0.15, 0.2) is 30.3 Å². The lowest BCUT2D eigenvalue weighted by Gasteiger charge is -2.21. The van der Waals surface area contributed by atoms with Crippen molar-refractivity contribution in [3.8, 4) is 0 Å². The minimum Gasteiger partial charge on any atom is -0.305 e. The van der Waals surface area contributed by atoms with Gasteiger partial charge in [-0.2, -0.15) is 0 Å². The van der Waals surface area contributed by atoms with Crippen LogP contribution in [0.25, 0.3) is 0 Å². The van der Waals surface area contributed by atoms with Crippen LogP contribution in [0.1, 0.15) is 50.4 Å². The summed E-state index contributed by atoms with van der Waals surface area (Å²) in [7, 11) is 0. The van der Waals surface area contributed by atoms with Gasteiger partial charge in [-0.25, -0.2) is 0 Å². The fourth-order valence-corrected chi connectivity index (χ4v) is 1.84. The number of carbonyl (C=O) groups excluding carboxylic acids is 1. The molecule has 0 spiro atoms. The number of benzene rings is 1. The van der Waals surface area contributed by atoms with E-state index < -0.39 is 0 Å². The molecule has 0 radical (unpaired) electrons. The summed E-state index contributed by atoms with van der Waals surface area (Å²) in [5.74, 6) is 0.216. The van der Waals surface area contributed by atoms with E-state index in [2.05, 4.69) is 26.1 Å². The number of ketones is 1. The number of Topliss-reactive ketones (excluding diaryl/α,β-unsaturated/α-hetero) is 1. The van der Waals surface area contributed by atoms with Crippen LogP contribution in [0.2, 0.25) is 0 Å². The molecule has 0 heterocycles. The summed E-state index contributed by atoms with van der Waals surface area (Å²) in [5.41, 5.74) is 0.807. The zero-order valence-electron chi connectivity index (χ0n) is 11.5. The number of carbonyl (C=O) groups is 1. The molecule has 1 rings (SSSR count). The van der Waals surface area contributed by atoms with Crippen LogP contribution in [0.4, 0.5) is 0 Å². The van der Waals surface area contributed by atoms with E-state index in [4.69, 9.17) is 0 Å². The molecule has 0 saturated heterocycles. The van der Waals surface area contributed by atoms with E-state index in [-0.39, 0.29) is 24.2 Å². The Morgan fingerprint density at radius 2 is 1.83 bits per heavy atom. The molecule has 2 unspecified atom stereocenters. The third kappa shape index (κ3) is 5.19. The van der Waals surface area contributed by atoms with Crippen molar-refractivity contribution in [2.24, 2.45) is 0 Å². The Morgan fingerprint density at radius 1 is 1.22 bits per heavy atom. The van der Waals surface area contributed by atoms with Crippen LogP contribution in [0.3, 0.4) is 0 Å². The fourth-order valence-electron chi connectivity index (χ4n) is 1.84. The van der Waals surface area contributed by atoms with E-state index in [0.29, 0.717) is 6.04 Å². The van der Waals surface area contributed by atoms with Gasteiger partial charge in [0.1, 0.15) is 0 Å². The van der Waals surface area contributed by atoms with Crippen molar-refractivity contribution in [2.75, 3.05) is 0 Å². The van der Waals surface area contributed by atoms with Gasteiger partial charge < -0.3 is 5.32 Å². The second-order valence-electron chi connectivity index (χ2n) is 4.55. The molecule has 0 aromatic heterocycles. The van der Waals surface area contributed by atoms with Crippen molar-refractivity contribution in [3.05, 3.63) is 35.9 Å². The SMILES string of the molecule is CCCC(NC(C)CC)C(=O)c1ccccc1.Cl. The van der Waals surface area contributed by atoms with E-state index in [0.717, 1.165) is 24.8 Å². The van der Waals surface area contributed by atoms with Crippen molar-refractivity contribution in [2.45, 2.75) is 52.1 Å². The second kappa shape index (κ2) is 9.12. The zero-order chi connectivity index (χ0) is 12.7. The highest BCUT2D eigenvalue weighted by molar-refractivity contribution is 6.00. The standard InChI is InChI=1S/C15H23NO.ClH/c1-4-9-14(16-12(3)5-2)15(17)13-10-7-6-8-11-13;/h6-8,10-12,14,16H,4-5,9H2,1-3H3;1H. The third-order valence-corrected chi connectivity index (χ3v) is 3.05. The molecule has 18 heavy (non-hydrogen) atoms. The summed E-state index contributed by atoms with van der Waals surface area (Å²) in [6, 6.07) is 9.90. The van der Waals surface area contributed by atoms with Gasteiger partial charge in [-0.05, 0) is 19.8 Å². The van der Waals surface area contributed by atoms with Gasteiger partial charge in [0, 0.05) is 11.6 Å². The Morgan fingerprint density at radius 3 is 2.33 bits per heavy atom. The minimum atomic E-state index is -0.0441. The van der Waals surface area contributed by atoms with E-state index in [1.807, 2.05) is 30.3 Å². The van der Waals surface area contributed by atoms with E-state index in [9.17, 15) is 4.79 Å². The van der Waals surface area contributed by atoms with Crippen molar-refractivity contribution >= 4 is 18.2 Å². The van der Waals surface area contributed by atoms with Gasteiger partial charge in [0.05, 0.1) is 6.04 Å². The molecule has 0 aliphatic rings. The number of halogens is 1. The first kappa shape index (κ1) is 17.1. The Kier molecular flexibility index (Phi) is 8.69. The van der Waals surface area contributed by atoms with Crippen LogP contribution >= 0.6 is 12.4 Å².